The van der Waals surface area contributed by atoms with E-state index in [0.717, 1.165) is 24.3 Å². The van der Waals surface area contributed by atoms with Crippen molar-refractivity contribution in [3.05, 3.63) is 0 Å². The van der Waals surface area contributed by atoms with Crippen molar-refractivity contribution in [3.8, 4) is 0 Å². The molecule has 0 heterocycles. The third-order valence-corrected chi connectivity index (χ3v) is 3.92. The SMILES string of the molecule is CC(CO)CSCCCC(C)(C)C(=N)N. The lowest BCUT2D eigenvalue weighted by Gasteiger charge is -2.22. The van der Waals surface area contributed by atoms with E-state index >= 15 is 0 Å². The number of aliphatic hydroxyl groups is 1. The van der Waals surface area contributed by atoms with Crippen molar-refractivity contribution < 1.29 is 5.11 Å². The van der Waals surface area contributed by atoms with Crippen LogP contribution < -0.4 is 5.73 Å². The Labute approximate surface area is 97.3 Å². The molecule has 1 atom stereocenters. The third kappa shape index (κ3) is 6.79. The van der Waals surface area contributed by atoms with E-state index in [2.05, 4.69) is 0 Å². The van der Waals surface area contributed by atoms with Gasteiger partial charge in [0.15, 0.2) is 0 Å². The van der Waals surface area contributed by atoms with Crippen LogP contribution in [-0.2, 0) is 0 Å². The van der Waals surface area contributed by atoms with Gasteiger partial charge in [-0.25, -0.2) is 0 Å². The van der Waals surface area contributed by atoms with Gasteiger partial charge in [-0.15, -0.1) is 0 Å². The summed E-state index contributed by atoms with van der Waals surface area (Å²) in [6.45, 7) is 6.34. The molecule has 90 valence electrons. The fourth-order valence-electron chi connectivity index (χ4n) is 1.09. The van der Waals surface area contributed by atoms with Gasteiger partial charge in [0.2, 0.25) is 0 Å². The van der Waals surface area contributed by atoms with Crippen LogP contribution in [0.4, 0.5) is 0 Å². The van der Waals surface area contributed by atoms with Gasteiger partial charge in [-0.05, 0) is 30.3 Å². The highest BCUT2D eigenvalue weighted by molar-refractivity contribution is 7.99. The van der Waals surface area contributed by atoms with Crippen LogP contribution in [0, 0.1) is 16.7 Å². The molecule has 0 fully saturated rings. The Morgan fingerprint density at radius 1 is 1.53 bits per heavy atom. The molecule has 0 amide bonds. The van der Waals surface area contributed by atoms with Crippen LogP contribution >= 0.6 is 11.8 Å². The molecular formula is C11H24N2OS. The standard InChI is InChI=1S/C11H24N2OS/c1-9(7-14)8-15-6-4-5-11(2,3)10(12)13/h9,14H,4-8H2,1-3H3,(H3,12,13). The number of thioether (sulfide) groups is 1. The Bertz CT molecular complexity index is 195. The molecule has 3 nitrogen and oxygen atoms in total. The molecule has 0 aromatic carbocycles. The molecule has 0 aliphatic carbocycles. The second kappa shape index (κ2) is 7.12. The van der Waals surface area contributed by atoms with E-state index in [4.69, 9.17) is 16.2 Å². The van der Waals surface area contributed by atoms with Crippen LogP contribution in [0.15, 0.2) is 0 Å². The zero-order valence-corrected chi connectivity index (χ0v) is 10.9. The topological polar surface area (TPSA) is 70.1 Å². The quantitative estimate of drug-likeness (QED) is 0.341. The van der Waals surface area contributed by atoms with Crippen molar-refractivity contribution >= 4 is 17.6 Å². The molecule has 0 saturated carbocycles. The first kappa shape index (κ1) is 14.8. The highest BCUT2D eigenvalue weighted by Gasteiger charge is 2.20. The molecular weight excluding hydrogens is 208 g/mol. The molecule has 1 unspecified atom stereocenters. The summed E-state index contributed by atoms with van der Waals surface area (Å²) in [6, 6.07) is 0. The van der Waals surface area contributed by atoms with E-state index in [9.17, 15) is 0 Å². The summed E-state index contributed by atoms with van der Waals surface area (Å²) in [6.07, 6.45) is 2.04. The lowest BCUT2D eigenvalue weighted by Crippen LogP contribution is -2.30. The lowest BCUT2D eigenvalue weighted by molar-refractivity contribution is 0.250. The molecule has 15 heavy (non-hydrogen) atoms. The van der Waals surface area contributed by atoms with E-state index in [1.165, 1.54) is 0 Å². The van der Waals surface area contributed by atoms with Crippen LogP contribution in [0.3, 0.4) is 0 Å². The summed E-state index contributed by atoms with van der Waals surface area (Å²) >= 11 is 1.87. The van der Waals surface area contributed by atoms with Crippen molar-refractivity contribution in [3.63, 3.8) is 0 Å². The van der Waals surface area contributed by atoms with Crippen molar-refractivity contribution in [2.75, 3.05) is 18.1 Å². The van der Waals surface area contributed by atoms with Gasteiger partial charge < -0.3 is 10.8 Å². The van der Waals surface area contributed by atoms with E-state index < -0.39 is 0 Å². The van der Waals surface area contributed by atoms with Crippen LogP contribution in [0.2, 0.25) is 0 Å². The molecule has 0 aliphatic heterocycles. The average Bonchev–Trinajstić information content (AvgIpc) is 2.16. The zero-order chi connectivity index (χ0) is 11.9. The number of aliphatic hydroxyl groups excluding tert-OH is 1. The maximum Gasteiger partial charge on any atom is 0.0963 e. The Kier molecular flexibility index (Phi) is 7.02. The number of hydrogen-bond donors (Lipinski definition) is 3. The highest BCUT2D eigenvalue weighted by atomic mass is 32.2. The molecule has 0 spiro atoms. The Hall–Kier alpha value is -0.220. The Morgan fingerprint density at radius 2 is 2.13 bits per heavy atom. The second-order valence-electron chi connectivity index (χ2n) is 4.76. The van der Waals surface area contributed by atoms with Gasteiger partial charge >= 0.3 is 0 Å². The average molecular weight is 232 g/mol. The van der Waals surface area contributed by atoms with Crippen molar-refractivity contribution in [2.24, 2.45) is 17.1 Å². The number of rotatable bonds is 8. The first-order chi connectivity index (χ1) is 6.90. The Balaban J connectivity index is 3.51. The number of nitrogens with two attached hydrogens (primary N) is 1. The summed E-state index contributed by atoms with van der Waals surface area (Å²) in [4.78, 5) is 0. The molecule has 0 bridgehead atoms. The van der Waals surface area contributed by atoms with Gasteiger partial charge in [-0.2, -0.15) is 11.8 Å². The summed E-state index contributed by atoms with van der Waals surface area (Å²) in [5.41, 5.74) is 5.33. The predicted molar refractivity (Wildman–Crippen MR) is 68.5 cm³/mol. The van der Waals surface area contributed by atoms with E-state index in [-0.39, 0.29) is 17.9 Å². The molecule has 4 heteroatoms. The lowest BCUT2D eigenvalue weighted by atomic mass is 9.87. The van der Waals surface area contributed by atoms with Crippen LogP contribution in [0.1, 0.15) is 33.6 Å². The van der Waals surface area contributed by atoms with Crippen molar-refractivity contribution in [2.45, 2.75) is 33.6 Å². The fraction of sp³-hybridized carbons (Fsp3) is 0.909. The third-order valence-electron chi connectivity index (χ3n) is 2.53. The van der Waals surface area contributed by atoms with Crippen LogP contribution in [0.5, 0.6) is 0 Å². The van der Waals surface area contributed by atoms with Gasteiger partial charge in [0, 0.05) is 12.0 Å². The number of nitrogens with one attached hydrogen (secondary N) is 1. The largest absolute Gasteiger partial charge is 0.396 e. The molecule has 0 rings (SSSR count). The summed E-state index contributed by atoms with van der Waals surface area (Å²) in [5.74, 6) is 2.75. The predicted octanol–water partition coefficient (Wildman–Crippen LogP) is 2.09. The normalized spacial score (nSPS) is 13.9. The monoisotopic (exact) mass is 232 g/mol. The number of amidine groups is 1. The minimum atomic E-state index is -0.164. The Morgan fingerprint density at radius 3 is 2.60 bits per heavy atom. The van der Waals surface area contributed by atoms with Gasteiger partial charge in [-0.1, -0.05) is 20.8 Å². The molecule has 4 N–H and O–H groups in total. The fourth-order valence-corrected chi connectivity index (χ4v) is 2.11. The smallest absolute Gasteiger partial charge is 0.0963 e. The van der Waals surface area contributed by atoms with Crippen molar-refractivity contribution in [1.82, 2.24) is 0 Å². The molecule has 0 saturated heterocycles. The highest BCUT2D eigenvalue weighted by Crippen LogP contribution is 2.23. The zero-order valence-electron chi connectivity index (χ0n) is 10.0. The maximum absolute atomic E-state index is 8.84. The van der Waals surface area contributed by atoms with Gasteiger partial charge in [0.1, 0.15) is 0 Å². The maximum atomic E-state index is 8.84. The van der Waals surface area contributed by atoms with Gasteiger partial charge in [-0.3, -0.25) is 5.41 Å². The van der Waals surface area contributed by atoms with Gasteiger partial charge in [0.25, 0.3) is 0 Å². The van der Waals surface area contributed by atoms with E-state index in [0.29, 0.717) is 5.92 Å². The second-order valence-corrected chi connectivity index (χ2v) is 5.91. The molecule has 0 aromatic heterocycles. The summed E-state index contributed by atoms with van der Waals surface area (Å²) in [7, 11) is 0. The van der Waals surface area contributed by atoms with E-state index in [1.807, 2.05) is 32.5 Å². The summed E-state index contributed by atoms with van der Waals surface area (Å²) < 4.78 is 0. The summed E-state index contributed by atoms with van der Waals surface area (Å²) in [5, 5.41) is 16.2. The number of hydrogen-bond acceptors (Lipinski definition) is 3. The first-order valence-electron chi connectivity index (χ1n) is 5.43. The van der Waals surface area contributed by atoms with E-state index in [1.54, 1.807) is 0 Å². The molecule has 0 radical (unpaired) electrons. The van der Waals surface area contributed by atoms with Crippen LogP contribution in [0.25, 0.3) is 0 Å². The van der Waals surface area contributed by atoms with Crippen LogP contribution in [-0.4, -0.2) is 29.1 Å². The first-order valence-corrected chi connectivity index (χ1v) is 6.58. The minimum Gasteiger partial charge on any atom is -0.396 e. The van der Waals surface area contributed by atoms with Crippen molar-refractivity contribution in [1.29, 1.82) is 5.41 Å². The van der Waals surface area contributed by atoms with Gasteiger partial charge in [0.05, 0.1) is 5.84 Å². The minimum absolute atomic E-state index is 0.164. The molecule has 0 aromatic rings. The molecule has 0 aliphatic rings.